The van der Waals surface area contributed by atoms with Crippen LogP contribution in [0.25, 0.3) is 0 Å². The molecule has 21 heavy (non-hydrogen) atoms. The van der Waals surface area contributed by atoms with Crippen molar-refractivity contribution in [3.8, 4) is 5.75 Å². The van der Waals surface area contributed by atoms with Crippen LogP contribution in [0.4, 0.5) is 0 Å². The third-order valence-corrected chi connectivity index (χ3v) is 5.32. The Balaban J connectivity index is 1.59. The molecule has 1 aromatic rings. The van der Waals surface area contributed by atoms with E-state index < -0.39 is 6.10 Å². The Morgan fingerprint density at radius 3 is 2.76 bits per heavy atom. The van der Waals surface area contributed by atoms with E-state index >= 15 is 0 Å². The highest BCUT2D eigenvalue weighted by atomic mass is 16.5. The van der Waals surface area contributed by atoms with Crippen LogP contribution in [0.1, 0.15) is 47.7 Å². The van der Waals surface area contributed by atoms with Gasteiger partial charge in [-0.3, -0.25) is 4.79 Å². The second-order valence-electron chi connectivity index (χ2n) is 6.49. The van der Waals surface area contributed by atoms with E-state index in [1.54, 1.807) is 0 Å². The molecule has 1 amide bonds. The lowest BCUT2D eigenvalue weighted by molar-refractivity contribution is 0.0956. The number of benzene rings is 1. The molecule has 3 aliphatic rings. The highest BCUT2D eigenvalue weighted by Gasteiger charge is 2.54. The fourth-order valence-electron chi connectivity index (χ4n) is 4.19. The van der Waals surface area contributed by atoms with Crippen LogP contribution in [0, 0.1) is 17.8 Å². The minimum absolute atomic E-state index is 0.107. The molecule has 112 valence electrons. The number of carbonyl (C=O) groups excluding carboxylic acids is 1. The Kier molecular flexibility index (Phi) is 3.14. The lowest BCUT2D eigenvalue weighted by Crippen LogP contribution is -2.24. The monoisotopic (exact) mass is 287 g/mol. The van der Waals surface area contributed by atoms with Gasteiger partial charge in [0.1, 0.15) is 12.4 Å². The molecule has 4 nitrogen and oxygen atoms in total. The van der Waals surface area contributed by atoms with Crippen molar-refractivity contribution >= 4 is 5.91 Å². The molecule has 1 aromatic carbocycles. The molecule has 1 heterocycles. The average molecular weight is 287 g/mol. The maximum atomic E-state index is 12.0. The second-order valence-corrected chi connectivity index (χ2v) is 6.49. The van der Waals surface area contributed by atoms with E-state index in [4.69, 9.17) is 4.74 Å². The number of hydrogen-bond donors (Lipinski definition) is 2. The largest absolute Gasteiger partial charge is 0.491 e. The van der Waals surface area contributed by atoms with Crippen molar-refractivity contribution in [2.45, 2.75) is 31.8 Å². The molecule has 0 bridgehead atoms. The van der Waals surface area contributed by atoms with Crippen molar-refractivity contribution in [1.82, 2.24) is 5.32 Å². The molecule has 2 fully saturated rings. The summed E-state index contributed by atoms with van der Waals surface area (Å²) in [6, 6.07) is 5.54. The number of aliphatic hydroxyl groups is 1. The van der Waals surface area contributed by atoms with Gasteiger partial charge in [-0.2, -0.15) is 0 Å². The third kappa shape index (κ3) is 2.22. The Hall–Kier alpha value is -1.55. The number of ether oxygens (including phenoxy) is 1. The number of carbonyl (C=O) groups is 1. The van der Waals surface area contributed by atoms with E-state index in [1.165, 1.54) is 25.7 Å². The minimum Gasteiger partial charge on any atom is -0.491 e. The highest BCUT2D eigenvalue weighted by molar-refractivity contribution is 5.97. The molecule has 2 saturated carbocycles. The zero-order chi connectivity index (χ0) is 14.4. The summed E-state index contributed by atoms with van der Waals surface area (Å²) >= 11 is 0. The first-order chi connectivity index (χ1) is 10.3. The number of hydrogen-bond acceptors (Lipinski definition) is 3. The predicted octanol–water partition coefficient (Wildman–Crippen LogP) is 2.28. The topological polar surface area (TPSA) is 58.6 Å². The van der Waals surface area contributed by atoms with Gasteiger partial charge in [0.25, 0.3) is 5.91 Å². The van der Waals surface area contributed by atoms with Crippen molar-refractivity contribution in [2.75, 3.05) is 13.2 Å². The first-order valence-corrected chi connectivity index (χ1v) is 7.99. The Morgan fingerprint density at radius 2 is 2.00 bits per heavy atom. The van der Waals surface area contributed by atoms with Gasteiger partial charge in [-0.05, 0) is 48.3 Å². The number of aliphatic hydroxyl groups excluding tert-OH is 1. The number of amides is 1. The van der Waals surface area contributed by atoms with Crippen molar-refractivity contribution in [3.63, 3.8) is 0 Å². The van der Waals surface area contributed by atoms with E-state index in [-0.39, 0.29) is 5.91 Å². The van der Waals surface area contributed by atoms with E-state index in [0.717, 1.165) is 5.56 Å². The van der Waals surface area contributed by atoms with Crippen LogP contribution in [0.5, 0.6) is 5.75 Å². The van der Waals surface area contributed by atoms with Crippen LogP contribution >= 0.6 is 0 Å². The average Bonchev–Trinajstić information content (AvgIpc) is 3.27. The van der Waals surface area contributed by atoms with Gasteiger partial charge in [0.15, 0.2) is 0 Å². The molecule has 4 heteroatoms. The summed E-state index contributed by atoms with van der Waals surface area (Å²) < 4.78 is 5.56. The molecule has 3 unspecified atom stereocenters. The fraction of sp³-hybridized carbons (Fsp3) is 0.588. The van der Waals surface area contributed by atoms with Crippen LogP contribution in [-0.2, 0) is 0 Å². The van der Waals surface area contributed by atoms with Crippen LogP contribution in [0.15, 0.2) is 18.2 Å². The molecule has 0 radical (unpaired) electrons. The SMILES string of the molecule is O=C1NCCOc2ccc(C(O)C3C4CCCCC43)cc21. The molecule has 0 aromatic heterocycles. The zero-order valence-corrected chi connectivity index (χ0v) is 12.0. The smallest absolute Gasteiger partial charge is 0.255 e. The summed E-state index contributed by atoms with van der Waals surface area (Å²) in [4.78, 5) is 12.0. The lowest BCUT2D eigenvalue weighted by Gasteiger charge is -2.13. The zero-order valence-electron chi connectivity index (χ0n) is 12.0. The molecule has 0 saturated heterocycles. The lowest BCUT2D eigenvalue weighted by atomic mass is 10.00. The van der Waals surface area contributed by atoms with Crippen LogP contribution < -0.4 is 10.1 Å². The van der Waals surface area contributed by atoms with Gasteiger partial charge in [-0.25, -0.2) is 0 Å². The maximum Gasteiger partial charge on any atom is 0.255 e. The quantitative estimate of drug-likeness (QED) is 0.877. The molecule has 2 N–H and O–H groups in total. The molecule has 4 rings (SSSR count). The van der Waals surface area contributed by atoms with Gasteiger partial charge in [-0.15, -0.1) is 0 Å². The summed E-state index contributed by atoms with van der Waals surface area (Å²) in [6.07, 6.45) is 4.65. The van der Waals surface area contributed by atoms with Crippen LogP contribution in [-0.4, -0.2) is 24.2 Å². The summed E-state index contributed by atoms with van der Waals surface area (Å²) in [5.74, 6) is 2.29. The van der Waals surface area contributed by atoms with Gasteiger partial charge in [0, 0.05) is 0 Å². The summed E-state index contributed by atoms with van der Waals surface area (Å²) in [5.41, 5.74) is 1.40. The molecule has 0 spiro atoms. The van der Waals surface area contributed by atoms with Crippen LogP contribution in [0.2, 0.25) is 0 Å². The highest BCUT2D eigenvalue weighted by Crippen LogP contribution is 2.60. The van der Waals surface area contributed by atoms with E-state index in [1.807, 2.05) is 18.2 Å². The first-order valence-electron chi connectivity index (χ1n) is 7.99. The third-order valence-electron chi connectivity index (χ3n) is 5.32. The molecule has 3 atom stereocenters. The van der Waals surface area contributed by atoms with Gasteiger partial charge in [-0.1, -0.05) is 18.9 Å². The summed E-state index contributed by atoms with van der Waals surface area (Å²) in [7, 11) is 0. The Morgan fingerprint density at radius 1 is 1.24 bits per heavy atom. The molecule has 2 aliphatic carbocycles. The van der Waals surface area contributed by atoms with E-state index in [0.29, 0.717) is 42.2 Å². The maximum absolute atomic E-state index is 12.0. The van der Waals surface area contributed by atoms with Gasteiger partial charge >= 0.3 is 0 Å². The van der Waals surface area contributed by atoms with Crippen LogP contribution in [0.3, 0.4) is 0 Å². The predicted molar refractivity (Wildman–Crippen MR) is 78.2 cm³/mol. The molecular formula is C17H21NO3. The van der Waals surface area contributed by atoms with E-state index in [9.17, 15) is 9.90 Å². The standard InChI is InChI=1S/C17H21NO3/c19-16(15-11-3-1-2-4-12(11)15)10-5-6-14-13(9-10)17(20)18-7-8-21-14/h5-6,9,11-12,15-16,19H,1-4,7-8H2,(H,18,20). The van der Waals surface area contributed by atoms with Gasteiger partial charge in [0.2, 0.25) is 0 Å². The fourth-order valence-corrected chi connectivity index (χ4v) is 4.19. The van der Waals surface area contributed by atoms with Gasteiger partial charge in [0.05, 0.1) is 18.2 Å². The van der Waals surface area contributed by atoms with Crippen molar-refractivity contribution in [3.05, 3.63) is 29.3 Å². The van der Waals surface area contributed by atoms with Crippen molar-refractivity contribution < 1.29 is 14.6 Å². The van der Waals surface area contributed by atoms with E-state index in [2.05, 4.69) is 5.32 Å². The number of nitrogens with one attached hydrogen (secondary N) is 1. The van der Waals surface area contributed by atoms with Crippen molar-refractivity contribution in [1.29, 1.82) is 0 Å². The second kappa shape index (κ2) is 5.02. The minimum atomic E-state index is -0.445. The summed E-state index contributed by atoms with van der Waals surface area (Å²) in [6.45, 7) is 1.02. The number of rotatable bonds is 2. The number of fused-ring (bicyclic) bond motifs is 2. The Labute approximate surface area is 124 Å². The molecule has 1 aliphatic heterocycles. The summed E-state index contributed by atoms with van der Waals surface area (Å²) in [5, 5.41) is 13.5. The normalized spacial score (nSPS) is 32.0. The Bertz CT molecular complexity index is 559. The first kappa shape index (κ1) is 13.1. The van der Waals surface area contributed by atoms with Crippen molar-refractivity contribution in [2.24, 2.45) is 17.8 Å². The molecular weight excluding hydrogens is 266 g/mol. The van der Waals surface area contributed by atoms with Gasteiger partial charge < -0.3 is 15.2 Å².